The van der Waals surface area contributed by atoms with E-state index in [1.54, 1.807) is 0 Å². The second-order valence-corrected chi connectivity index (χ2v) is 4.59. The topological polar surface area (TPSA) is 21.7 Å². The summed E-state index contributed by atoms with van der Waals surface area (Å²) in [6.07, 6.45) is 0.895. The van der Waals surface area contributed by atoms with Crippen molar-refractivity contribution >= 4 is 0 Å². The van der Waals surface area contributed by atoms with Gasteiger partial charge in [-0.2, -0.15) is 0 Å². The van der Waals surface area contributed by atoms with E-state index in [9.17, 15) is 0 Å². The smallest absolute Gasteiger partial charge is 0.158 e. The van der Waals surface area contributed by atoms with Crippen molar-refractivity contribution in [3.63, 3.8) is 0 Å². The van der Waals surface area contributed by atoms with E-state index in [4.69, 9.17) is 9.47 Å². The van der Waals surface area contributed by atoms with Crippen LogP contribution in [-0.2, 0) is 9.47 Å². The van der Waals surface area contributed by atoms with Gasteiger partial charge in [-0.05, 0) is 33.7 Å². The minimum Gasteiger partial charge on any atom is -0.353 e. The molecule has 0 aliphatic rings. The molecule has 0 bridgehead atoms. The molecule has 0 aromatic rings. The lowest BCUT2D eigenvalue weighted by molar-refractivity contribution is -0.142. The van der Waals surface area contributed by atoms with Gasteiger partial charge in [-0.1, -0.05) is 13.8 Å². The molecule has 98 valence electrons. The second kappa shape index (κ2) is 8.97. The van der Waals surface area contributed by atoms with Crippen LogP contribution in [-0.4, -0.2) is 44.0 Å². The van der Waals surface area contributed by atoms with E-state index in [0.29, 0.717) is 25.2 Å². The zero-order chi connectivity index (χ0) is 12.6. The molecule has 16 heavy (non-hydrogen) atoms. The predicted octanol–water partition coefficient (Wildman–Crippen LogP) is 2.75. The molecular weight excluding hydrogens is 202 g/mol. The summed E-state index contributed by atoms with van der Waals surface area (Å²) in [5.74, 6) is 0.683. The molecule has 0 rings (SSSR count). The van der Waals surface area contributed by atoms with Crippen LogP contribution in [0.3, 0.4) is 0 Å². The molecule has 0 aromatic carbocycles. The molecule has 0 fully saturated rings. The highest BCUT2D eigenvalue weighted by atomic mass is 16.7. The largest absolute Gasteiger partial charge is 0.353 e. The predicted molar refractivity (Wildman–Crippen MR) is 68.6 cm³/mol. The fourth-order valence-corrected chi connectivity index (χ4v) is 1.61. The van der Waals surface area contributed by atoms with Crippen LogP contribution in [0.15, 0.2) is 0 Å². The van der Waals surface area contributed by atoms with Gasteiger partial charge < -0.3 is 14.4 Å². The van der Waals surface area contributed by atoms with Gasteiger partial charge in [0.1, 0.15) is 0 Å². The summed E-state index contributed by atoms with van der Waals surface area (Å²) in [7, 11) is 2.17. The van der Waals surface area contributed by atoms with Gasteiger partial charge in [0.15, 0.2) is 6.29 Å². The zero-order valence-corrected chi connectivity index (χ0v) is 11.8. The van der Waals surface area contributed by atoms with Crippen molar-refractivity contribution in [1.29, 1.82) is 0 Å². The number of ether oxygens (including phenoxy) is 2. The lowest BCUT2D eigenvalue weighted by Crippen LogP contribution is -2.36. The van der Waals surface area contributed by atoms with Crippen LogP contribution in [0.1, 0.15) is 41.0 Å². The monoisotopic (exact) mass is 231 g/mol. The average molecular weight is 231 g/mol. The standard InChI is InChI=1S/C13H29NO2/c1-7-15-13(16-8-2)9-10-14(6)12(5)11(3)4/h11-13H,7-10H2,1-6H3. The molecule has 0 N–H and O–H groups in total. The van der Waals surface area contributed by atoms with Crippen molar-refractivity contribution < 1.29 is 9.47 Å². The molecule has 0 saturated carbocycles. The molecule has 0 aliphatic carbocycles. The van der Waals surface area contributed by atoms with Crippen molar-refractivity contribution in [2.24, 2.45) is 5.92 Å². The van der Waals surface area contributed by atoms with Crippen LogP contribution in [0.4, 0.5) is 0 Å². The first-order chi connectivity index (χ1) is 7.52. The van der Waals surface area contributed by atoms with Gasteiger partial charge in [-0.25, -0.2) is 0 Å². The quantitative estimate of drug-likeness (QED) is 0.570. The second-order valence-electron chi connectivity index (χ2n) is 4.59. The molecule has 3 heteroatoms. The lowest BCUT2D eigenvalue weighted by Gasteiger charge is -2.29. The van der Waals surface area contributed by atoms with Crippen LogP contribution in [0.5, 0.6) is 0 Å². The van der Waals surface area contributed by atoms with Gasteiger partial charge in [0.25, 0.3) is 0 Å². The van der Waals surface area contributed by atoms with Crippen LogP contribution >= 0.6 is 0 Å². The lowest BCUT2D eigenvalue weighted by atomic mass is 10.1. The van der Waals surface area contributed by atoms with E-state index in [-0.39, 0.29) is 6.29 Å². The van der Waals surface area contributed by atoms with Crippen LogP contribution in [0, 0.1) is 5.92 Å². The van der Waals surface area contributed by atoms with E-state index in [2.05, 4.69) is 32.7 Å². The third kappa shape index (κ3) is 6.46. The van der Waals surface area contributed by atoms with E-state index >= 15 is 0 Å². The molecule has 1 atom stereocenters. The minimum absolute atomic E-state index is 0.0446. The summed E-state index contributed by atoms with van der Waals surface area (Å²) in [5.41, 5.74) is 0. The minimum atomic E-state index is -0.0446. The maximum atomic E-state index is 5.52. The van der Waals surface area contributed by atoms with E-state index in [0.717, 1.165) is 13.0 Å². The van der Waals surface area contributed by atoms with E-state index in [1.807, 2.05) is 13.8 Å². The first-order valence-electron chi connectivity index (χ1n) is 6.46. The third-order valence-corrected chi connectivity index (χ3v) is 3.08. The van der Waals surface area contributed by atoms with Crippen LogP contribution in [0.25, 0.3) is 0 Å². The molecule has 0 saturated heterocycles. The summed E-state index contributed by atoms with van der Waals surface area (Å²) in [5, 5.41) is 0. The summed E-state index contributed by atoms with van der Waals surface area (Å²) in [4.78, 5) is 2.37. The Bertz CT molecular complexity index is 154. The first-order valence-corrected chi connectivity index (χ1v) is 6.46. The average Bonchev–Trinajstić information content (AvgIpc) is 2.24. The molecule has 0 amide bonds. The summed E-state index contributed by atoms with van der Waals surface area (Å²) < 4.78 is 11.0. The molecule has 1 unspecified atom stereocenters. The molecule has 0 radical (unpaired) electrons. The Morgan fingerprint density at radius 3 is 1.88 bits per heavy atom. The van der Waals surface area contributed by atoms with E-state index < -0.39 is 0 Å². The molecule has 0 aliphatic heterocycles. The van der Waals surface area contributed by atoms with Gasteiger partial charge in [0.05, 0.1) is 0 Å². The fourth-order valence-electron chi connectivity index (χ4n) is 1.61. The third-order valence-electron chi connectivity index (χ3n) is 3.08. The van der Waals surface area contributed by atoms with Crippen molar-refractivity contribution in [3.8, 4) is 0 Å². The highest BCUT2D eigenvalue weighted by molar-refractivity contribution is 4.67. The molecular formula is C13H29NO2. The van der Waals surface area contributed by atoms with E-state index in [1.165, 1.54) is 0 Å². The Labute approximate surface area is 101 Å². The number of rotatable bonds is 9. The van der Waals surface area contributed by atoms with Crippen LogP contribution < -0.4 is 0 Å². The number of hydrogen-bond donors (Lipinski definition) is 0. The number of hydrogen-bond acceptors (Lipinski definition) is 3. The fraction of sp³-hybridized carbons (Fsp3) is 1.00. The Morgan fingerprint density at radius 2 is 1.50 bits per heavy atom. The van der Waals surface area contributed by atoms with Gasteiger partial charge in [-0.3, -0.25) is 0 Å². The Morgan fingerprint density at radius 1 is 1.00 bits per heavy atom. The summed E-state index contributed by atoms with van der Waals surface area (Å²) in [6, 6.07) is 0.601. The van der Waals surface area contributed by atoms with Crippen molar-refractivity contribution in [3.05, 3.63) is 0 Å². The maximum absolute atomic E-state index is 5.52. The van der Waals surface area contributed by atoms with Crippen molar-refractivity contribution in [2.45, 2.75) is 53.4 Å². The summed E-state index contributed by atoms with van der Waals surface area (Å²) >= 11 is 0. The molecule has 0 aromatic heterocycles. The van der Waals surface area contributed by atoms with Gasteiger partial charge in [0, 0.05) is 32.2 Å². The highest BCUT2D eigenvalue weighted by Gasteiger charge is 2.15. The zero-order valence-electron chi connectivity index (χ0n) is 11.8. The molecule has 3 nitrogen and oxygen atoms in total. The molecule has 0 spiro atoms. The Kier molecular flexibility index (Phi) is 8.90. The Balaban J connectivity index is 3.89. The first kappa shape index (κ1) is 15.9. The van der Waals surface area contributed by atoms with Crippen LogP contribution in [0.2, 0.25) is 0 Å². The highest BCUT2D eigenvalue weighted by Crippen LogP contribution is 2.10. The van der Waals surface area contributed by atoms with Crippen molar-refractivity contribution in [2.75, 3.05) is 26.8 Å². The Hall–Kier alpha value is -0.120. The van der Waals surface area contributed by atoms with Crippen molar-refractivity contribution in [1.82, 2.24) is 4.90 Å². The van der Waals surface area contributed by atoms with Gasteiger partial charge >= 0.3 is 0 Å². The van der Waals surface area contributed by atoms with Gasteiger partial charge in [-0.15, -0.1) is 0 Å². The SMILES string of the molecule is CCOC(CCN(C)C(C)C(C)C)OCC. The summed E-state index contributed by atoms with van der Waals surface area (Å²) in [6.45, 7) is 13.2. The number of nitrogens with zero attached hydrogens (tertiary/aromatic N) is 1. The maximum Gasteiger partial charge on any atom is 0.158 e. The molecule has 0 heterocycles. The normalized spacial score (nSPS) is 14.1. The van der Waals surface area contributed by atoms with Gasteiger partial charge in [0.2, 0.25) is 0 Å².